The second kappa shape index (κ2) is 8.13. The van der Waals surface area contributed by atoms with Gasteiger partial charge in [0, 0.05) is 13.1 Å². The van der Waals surface area contributed by atoms with Crippen molar-refractivity contribution in [1.82, 2.24) is 10.6 Å². The van der Waals surface area contributed by atoms with Crippen LogP contribution in [0.15, 0.2) is 24.3 Å². The molecule has 24 heavy (non-hydrogen) atoms. The van der Waals surface area contributed by atoms with Crippen LogP contribution in [0.1, 0.15) is 62.5 Å². The fraction of sp³-hybridized carbons (Fsp3) is 0.650. The molecule has 0 atom stereocenters. The Morgan fingerprint density at radius 3 is 2.46 bits per heavy atom. The van der Waals surface area contributed by atoms with Crippen LogP contribution in [0.2, 0.25) is 0 Å². The Balaban J connectivity index is 1.62. The van der Waals surface area contributed by atoms with Gasteiger partial charge in [-0.3, -0.25) is 10.1 Å². The molecule has 0 saturated heterocycles. The van der Waals surface area contributed by atoms with Crippen LogP contribution in [-0.2, 0) is 22.6 Å². The second-order valence-electron chi connectivity index (χ2n) is 7.30. The van der Waals surface area contributed by atoms with E-state index in [0.29, 0.717) is 0 Å². The van der Waals surface area contributed by atoms with Gasteiger partial charge in [-0.25, -0.2) is 0 Å². The molecular formula is C20H30N2O2. The van der Waals surface area contributed by atoms with E-state index in [9.17, 15) is 4.79 Å². The monoisotopic (exact) mass is 330 g/mol. The summed E-state index contributed by atoms with van der Waals surface area (Å²) in [5.74, 6) is -0.0155. The number of ether oxygens (including phenoxy) is 1. The van der Waals surface area contributed by atoms with Crippen molar-refractivity contribution >= 4 is 5.97 Å². The van der Waals surface area contributed by atoms with Gasteiger partial charge < -0.3 is 10.1 Å². The lowest BCUT2D eigenvalue weighted by atomic mass is 9.97. The predicted molar refractivity (Wildman–Crippen MR) is 95.6 cm³/mol. The number of hydrogen-bond donors (Lipinski definition) is 2. The SMILES string of the molecule is CNCc1cccc(CNC2(C(=O)OC3CCCC3)CCCC2)c1. The lowest BCUT2D eigenvalue weighted by Gasteiger charge is -2.29. The number of benzene rings is 1. The quantitative estimate of drug-likeness (QED) is 0.753. The zero-order valence-corrected chi connectivity index (χ0v) is 14.8. The minimum absolute atomic E-state index is 0.0155. The zero-order chi connectivity index (χ0) is 16.8. The average molecular weight is 330 g/mol. The van der Waals surface area contributed by atoms with Crippen molar-refractivity contribution < 1.29 is 9.53 Å². The first-order chi connectivity index (χ1) is 11.7. The molecule has 2 saturated carbocycles. The third kappa shape index (κ3) is 4.17. The zero-order valence-electron chi connectivity index (χ0n) is 14.8. The number of carbonyl (C=O) groups is 1. The van der Waals surface area contributed by atoms with E-state index in [1.165, 1.54) is 24.0 Å². The summed E-state index contributed by atoms with van der Waals surface area (Å²) in [6, 6.07) is 8.53. The second-order valence-corrected chi connectivity index (χ2v) is 7.30. The van der Waals surface area contributed by atoms with Gasteiger partial charge in [0.2, 0.25) is 0 Å². The maximum Gasteiger partial charge on any atom is 0.326 e. The minimum Gasteiger partial charge on any atom is -0.461 e. The summed E-state index contributed by atoms with van der Waals surface area (Å²) in [6.07, 6.45) is 8.60. The van der Waals surface area contributed by atoms with Gasteiger partial charge >= 0.3 is 5.97 Å². The summed E-state index contributed by atoms with van der Waals surface area (Å²) in [5, 5.41) is 6.74. The third-order valence-corrected chi connectivity index (χ3v) is 5.43. The standard InChI is InChI=1S/C20H30N2O2/c1-21-14-16-7-6-8-17(13-16)15-22-20(11-4-5-12-20)19(23)24-18-9-2-3-10-18/h6-8,13,18,21-22H,2-5,9-12,14-15H2,1H3. The highest BCUT2D eigenvalue weighted by atomic mass is 16.5. The molecule has 0 bridgehead atoms. The van der Waals surface area contributed by atoms with Crippen LogP contribution < -0.4 is 10.6 Å². The lowest BCUT2D eigenvalue weighted by molar-refractivity contribution is -0.157. The first-order valence-electron chi connectivity index (χ1n) is 9.40. The molecule has 4 nitrogen and oxygen atoms in total. The number of hydrogen-bond acceptors (Lipinski definition) is 4. The summed E-state index contributed by atoms with van der Waals surface area (Å²) in [7, 11) is 1.96. The van der Waals surface area contributed by atoms with E-state index in [2.05, 4.69) is 34.9 Å². The van der Waals surface area contributed by atoms with Crippen LogP contribution in [0.3, 0.4) is 0 Å². The maximum atomic E-state index is 12.8. The number of esters is 1. The molecule has 4 heteroatoms. The van der Waals surface area contributed by atoms with Crippen LogP contribution in [0.25, 0.3) is 0 Å². The normalized spacial score (nSPS) is 20.4. The molecule has 132 valence electrons. The lowest BCUT2D eigenvalue weighted by Crippen LogP contribution is -2.51. The molecule has 1 aromatic rings. The van der Waals surface area contributed by atoms with E-state index >= 15 is 0 Å². The molecule has 0 aromatic heterocycles. The number of carbonyl (C=O) groups excluding carboxylic acids is 1. The summed E-state index contributed by atoms with van der Waals surface area (Å²) < 4.78 is 5.84. The van der Waals surface area contributed by atoms with Gasteiger partial charge in [-0.1, -0.05) is 37.1 Å². The number of nitrogens with one attached hydrogen (secondary N) is 2. The highest BCUT2D eigenvalue weighted by molar-refractivity contribution is 5.81. The largest absolute Gasteiger partial charge is 0.461 e. The molecule has 1 aromatic carbocycles. The Hall–Kier alpha value is -1.39. The predicted octanol–water partition coefficient (Wildman–Crippen LogP) is 3.29. The molecule has 2 fully saturated rings. The molecule has 2 aliphatic carbocycles. The summed E-state index contributed by atoms with van der Waals surface area (Å²) >= 11 is 0. The topological polar surface area (TPSA) is 50.4 Å². The van der Waals surface area contributed by atoms with Gasteiger partial charge in [-0.15, -0.1) is 0 Å². The molecular weight excluding hydrogens is 300 g/mol. The van der Waals surface area contributed by atoms with Crippen molar-refractivity contribution in [3.05, 3.63) is 35.4 Å². The molecule has 0 amide bonds. The summed E-state index contributed by atoms with van der Waals surface area (Å²) in [5.41, 5.74) is 2.02. The van der Waals surface area contributed by atoms with Crippen LogP contribution in [0.4, 0.5) is 0 Å². The molecule has 0 spiro atoms. The van der Waals surface area contributed by atoms with Gasteiger partial charge in [0.05, 0.1) is 0 Å². The molecule has 2 aliphatic rings. The molecule has 3 rings (SSSR count). The first kappa shape index (κ1) is 17.4. The third-order valence-electron chi connectivity index (χ3n) is 5.43. The van der Waals surface area contributed by atoms with Crippen molar-refractivity contribution in [2.24, 2.45) is 0 Å². The van der Waals surface area contributed by atoms with Crippen molar-refractivity contribution in [2.45, 2.75) is 76.1 Å². The van der Waals surface area contributed by atoms with E-state index in [-0.39, 0.29) is 12.1 Å². The maximum absolute atomic E-state index is 12.8. The highest BCUT2D eigenvalue weighted by Crippen LogP contribution is 2.33. The Morgan fingerprint density at radius 2 is 1.79 bits per heavy atom. The van der Waals surface area contributed by atoms with Gasteiger partial charge in [-0.05, 0) is 56.7 Å². The fourth-order valence-electron chi connectivity index (χ4n) is 4.03. The Bertz CT molecular complexity index is 546. The first-order valence-corrected chi connectivity index (χ1v) is 9.40. The van der Waals surface area contributed by atoms with Gasteiger partial charge in [0.25, 0.3) is 0 Å². The van der Waals surface area contributed by atoms with Crippen LogP contribution in [-0.4, -0.2) is 24.7 Å². The Kier molecular flexibility index (Phi) is 5.90. The van der Waals surface area contributed by atoms with E-state index in [1.807, 2.05) is 7.05 Å². The van der Waals surface area contributed by atoms with Gasteiger partial charge in [-0.2, -0.15) is 0 Å². The Morgan fingerprint density at radius 1 is 1.12 bits per heavy atom. The molecule has 0 radical (unpaired) electrons. The van der Waals surface area contributed by atoms with Crippen LogP contribution in [0.5, 0.6) is 0 Å². The smallest absolute Gasteiger partial charge is 0.326 e. The summed E-state index contributed by atoms with van der Waals surface area (Å²) in [4.78, 5) is 12.8. The highest BCUT2D eigenvalue weighted by Gasteiger charge is 2.43. The van der Waals surface area contributed by atoms with E-state index < -0.39 is 5.54 Å². The average Bonchev–Trinajstić information content (AvgIpc) is 3.26. The van der Waals surface area contributed by atoms with Gasteiger partial charge in [0.1, 0.15) is 11.6 Å². The van der Waals surface area contributed by atoms with Crippen molar-refractivity contribution in [3.8, 4) is 0 Å². The fourth-order valence-corrected chi connectivity index (χ4v) is 4.03. The van der Waals surface area contributed by atoms with Crippen molar-refractivity contribution in [3.63, 3.8) is 0 Å². The van der Waals surface area contributed by atoms with Crippen LogP contribution in [0, 0.1) is 0 Å². The van der Waals surface area contributed by atoms with E-state index in [4.69, 9.17) is 4.74 Å². The number of rotatable bonds is 7. The molecule has 0 heterocycles. The molecule has 0 aliphatic heterocycles. The minimum atomic E-state index is -0.471. The summed E-state index contributed by atoms with van der Waals surface area (Å²) in [6.45, 7) is 1.58. The van der Waals surface area contributed by atoms with E-state index in [0.717, 1.165) is 51.6 Å². The molecule has 2 N–H and O–H groups in total. The van der Waals surface area contributed by atoms with Crippen molar-refractivity contribution in [1.29, 1.82) is 0 Å². The van der Waals surface area contributed by atoms with Gasteiger partial charge in [0.15, 0.2) is 0 Å². The van der Waals surface area contributed by atoms with E-state index in [1.54, 1.807) is 0 Å². The van der Waals surface area contributed by atoms with Crippen molar-refractivity contribution in [2.75, 3.05) is 7.05 Å². The molecule has 0 unspecified atom stereocenters. The van der Waals surface area contributed by atoms with Crippen LogP contribution >= 0.6 is 0 Å². The Labute approximate surface area is 145 Å².